The Hall–Kier alpha value is -2.32. The number of hydrogen-bond donors (Lipinski definition) is 0. The SMILES string of the molecule is C=CC#N.N#CC=Cc1ccccc1. The Morgan fingerprint density at radius 1 is 1.07 bits per heavy atom. The van der Waals surface area contributed by atoms with Gasteiger partial charge in [-0.25, -0.2) is 0 Å². The smallest absolute Gasteiger partial charge is 0.0912 e. The van der Waals surface area contributed by atoms with Crippen molar-refractivity contribution in [1.29, 1.82) is 10.5 Å². The third kappa shape index (κ3) is 6.39. The summed E-state index contributed by atoms with van der Waals surface area (Å²) < 4.78 is 0. The molecule has 0 aromatic heterocycles. The zero-order valence-corrected chi connectivity index (χ0v) is 7.72. The van der Waals surface area contributed by atoms with E-state index in [4.69, 9.17) is 10.5 Å². The quantitative estimate of drug-likeness (QED) is 0.627. The summed E-state index contributed by atoms with van der Waals surface area (Å²) in [6.07, 6.45) is 4.43. The highest BCUT2D eigenvalue weighted by molar-refractivity contribution is 5.51. The number of nitriles is 2. The summed E-state index contributed by atoms with van der Waals surface area (Å²) in [6, 6.07) is 13.4. The minimum atomic E-state index is 1.06. The molecular formula is C12H10N2. The van der Waals surface area contributed by atoms with Gasteiger partial charge in [-0.15, -0.1) is 0 Å². The molecule has 0 saturated heterocycles. The lowest BCUT2D eigenvalue weighted by Gasteiger charge is -1.86. The van der Waals surface area contributed by atoms with E-state index in [-0.39, 0.29) is 0 Å². The first kappa shape index (κ1) is 11.7. The van der Waals surface area contributed by atoms with Gasteiger partial charge in [0, 0.05) is 12.2 Å². The molecule has 0 heterocycles. The number of rotatable bonds is 1. The lowest BCUT2D eigenvalue weighted by atomic mass is 10.2. The van der Waals surface area contributed by atoms with Gasteiger partial charge in [-0.1, -0.05) is 36.9 Å². The molecule has 0 aliphatic rings. The van der Waals surface area contributed by atoms with Crippen LogP contribution in [0.25, 0.3) is 6.08 Å². The molecule has 0 aliphatic carbocycles. The Bertz CT molecular complexity index is 364. The van der Waals surface area contributed by atoms with E-state index in [1.165, 1.54) is 12.2 Å². The first-order chi connectivity index (χ1) is 6.85. The minimum Gasteiger partial charge on any atom is -0.193 e. The summed E-state index contributed by atoms with van der Waals surface area (Å²) in [6.45, 7) is 3.12. The van der Waals surface area contributed by atoms with E-state index in [9.17, 15) is 0 Å². The number of allylic oxidation sites excluding steroid dienone is 2. The maximum absolute atomic E-state index is 8.19. The molecule has 0 bridgehead atoms. The topological polar surface area (TPSA) is 47.6 Å². The highest BCUT2D eigenvalue weighted by Gasteiger charge is 1.79. The molecule has 1 aromatic carbocycles. The van der Waals surface area contributed by atoms with Crippen LogP contribution < -0.4 is 0 Å². The highest BCUT2D eigenvalue weighted by atomic mass is 14.2. The Morgan fingerprint density at radius 3 is 2.07 bits per heavy atom. The van der Waals surface area contributed by atoms with Crippen LogP contribution in [-0.2, 0) is 0 Å². The molecule has 0 radical (unpaired) electrons. The normalized spacial score (nSPS) is 7.86. The van der Waals surface area contributed by atoms with Gasteiger partial charge >= 0.3 is 0 Å². The molecule has 0 amide bonds. The van der Waals surface area contributed by atoms with Crippen LogP contribution in [0.3, 0.4) is 0 Å². The van der Waals surface area contributed by atoms with Gasteiger partial charge in [0.15, 0.2) is 0 Å². The van der Waals surface area contributed by atoms with Gasteiger partial charge in [0.2, 0.25) is 0 Å². The third-order valence-electron chi connectivity index (χ3n) is 1.24. The number of hydrogen-bond acceptors (Lipinski definition) is 2. The molecule has 0 unspecified atom stereocenters. The van der Waals surface area contributed by atoms with Crippen molar-refractivity contribution in [3.05, 3.63) is 54.6 Å². The molecule has 0 atom stereocenters. The average molecular weight is 182 g/mol. The van der Waals surface area contributed by atoms with E-state index in [0.29, 0.717) is 0 Å². The molecule has 2 nitrogen and oxygen atoms in total. The van der Waals surface area contributed by atoms with Crippen LogP contribution in [0.15, 0.2) is 49.1 Å². The molecule has 0 spiro atoms. The molecule has 2 heteroatoms. The molecule has 1 rings (SSSR count). The van der Waals surface area contributed by atoms with Gasteiger partial charge in [-0.2, -0.15) is 10.5 Å². The van der Waals surface area contributed by atoms with Crippen molar-refractivity contribution < 1.29 is 0 Å². The van der Waals surface area contributed by atoms with Gasteiger partial charge in [0.05, 0.1) is 12.1 Å². The van der Waals surface area contributed by atoms with Gasteiger partial charge in [0.25, 0.3) is 0 Å². The molecule has 14 heavy (non-hydrogen) atoms. The standard InChI is InChI=1S/C9H7N.C3H3N/c10-8-4-7-9-5-2-1-3-6-9;1-2-3-4/h1-7H;2H,1H2. The van der Waals surface area contributed by atoms with Crippen molar-refractivity contribution >= 4 is 6.08 Å². The summed E-state index contributed by atoms with van der Waals surface area (Å²) in [5.41, 5.74) is 1.06. The summed E-state index contributed by atoms with van der Waals surface area (Å²) in [7, 11) is 0. The Morgan fingerprint density at radius 2 is 1.64 bits per heavy atom. The molecule has 0 saturated carbocycles. The van der Waals surface area contributed by atoms with E-state index >= 15 is 0 Å². The zero-order valence-electron chi connectivity index (χ0n) is 7.72. The van der Waals surface area contributed by atoms with Crippen LogP contribution in [0.1, 0.15) is 5.56 Å². The largest absolute Gasteiger partial charge is 0.193 e. The second-order valence-corrected chi connectivity index (χ2v) is 2.21. The van der Waals surface area contributed by atoms with E-state index < -0.39 is 0 Å². The van der Waals surface area contributed by atoms with Crippen molar-refractivity contribution in [2.45, 2.75) is 0 Å². The van der Waals surface area contributed by atoms with Crippen LogP contribution in [0.5, 0.6) is 0 Å². The van der Waals surface area contributed by atoms with Crippen LogP contribution in [-0.4, -0.2) is 0 Å². The second kappa shape index (κ2) is 8.77. The van der Waals surface area contributed by atoms with E-state index in [0.717, 1.165) is 5.56 Å². The number of nitrogens with zero attached hydrogens (tertiary/aromatic N) is 2. The fourth-order valence-corrected chi connectivity index (χ4v) is 0.698. The number of benzene rings is 1. The molecule has 0 N–H and O–H groups in total. The van der Waals surface area contributed by atoms with Crippen LogP contribution in [0.2, 0.25) is 0 Å². The lowest BCUT2D eigenvalue weighted by molar-refractivity contribution is 1.54. The zero-order chi connectivity index (χ0) is 10.6. The Kier molecular flexibility index (Phi) is 7.32. The van der Waals surface area contributed by atoms with Gasteiger partial charge in [0.1, 0.15) is 0 Å². The first-order valence-electron chi connectivity index (χ1n) is 3.97. The van der Waals surface area contributed by atoms with Crippen molar-refractivity contribution in [1.82, 2.24) is 0 Å². The summed E-state index contributed by atoms with van der Waals surface area (Å²) in [5.74, 6) is 0. The van der Waals surface area contributed by atoms with Crippen molar-refractivity contribution in [2.75, 3.05) is 0 Å². The fraction of sp³-hybridized carbons (Fsp3) is 0. The summed E-state index contributed by atoms with van der Waals surface area (Å²) in [4.78, 5) is 0. The minimum absolute atomic E-state index is 1.06. The average Bonchev–Trinajstić information content (AvgIpc) is 2.28. The second-order valence-electron chi connectivity index (χ2n) is 2.21. The lowest BCUT2D eigenvalue weighted by Crippen LogP contribution is -1.65. The first-order valence-corrected chi connectivity index (χ1v) is 3.97. The molecule has 0 aliphatic heterocycles. The molecular weight excluding hydrogens is 172 g/mol. The van der Waals surface area contributed by atoms with Crippen molar-refractivity contribution in [3.8, 4) is 12.1 Å². The predicted molar refractivity (Wildman–Crippen MR) is 56.9 cm³/mol. The Balaban J connectivity index is 0.000000364. The van der Waals surface area contributed by atoms with E-state index in [1.54, 1.807) is 12.1 Å². The summed E-state index contributed by atoms with van der Waals surface area (Å²) >= 11 is 0. The highest BCUT2D eigenvalue weighted by Crippen LogP contribution is 1.99. The van der Waals surface area contributed by atoms with Crippen LogP contribution >= 0.6 is 0 Å². The van der Waals surface area contributed by atoms with Crippen LogP contribution in [0, 0.1) is 22.7 Å². The predicted octanol–water partition coefficient (Wildman–Crippen LogP) is 2.92. The van der Waals surface area contributed by atoms with Gasteiger partial charge in [-0.3, -0.25) is 0 Å². The van der Waals surface area contributed by atoms with E-state index in [1.807, 2.05) is 36.4 Å². The molecule has 0 fully saturated rings. The molecule has 68 valence electrons. The van der Waals surface area contributed by atoms with Crippen molar-refractivity contribution in [2.24, 2.45) is 0 Å². The third-order valence-corrected chi connectivity index (χ3v) is 1.24. The summed E-state index contributed by atoms with van der Waals surface area (Å²) in [5, 5.41) is 15.7. The maximum atomic E-state index is 8.19. The fourth-order valence-electron chi connectivity index (χ4n) is 0.698. The van der Waals surface area contributed by atoms with Crippen LogP contribution in [0.4, 0.5) is 0 Å². The molecule has 1 aromatic rings. The van der Waals surface area contributed by atoms with Gasteiger partial charge < -0.3 is 0 Å². The monoisotopic (exact) mass is 182 g/mol. The van der Waals surface area contributed by atoms with E-state index in [2.05, 4.69) is 6.58 Å². The van der Waals surface area contributed by atoms with Crippen molar-refractivity contribution in [3.63, 3.8) is 0 Å². The Labute approximate surface area is 84.0 Å². The maximum Gasteiger partial charge on any atom is 0.0912 e. The van der Waals surface area contributed by atoms with Gasteiger partial charge in [-0.05, 0) is 11.6 Å².